The maximum atomic E-state index is 10.6. The Morgan fingerprint density at radius 3 is 2.69 bits per heavy atom. The van der Waals surface area contributed by atoms with Crippen molar-refractivity contribution in [2.24, 2.45) is 22.5 Å². The van der Waals surface area contributed by atoms with E-state index >= 15 is 0 Å². The van der Waals surface area contributed by atoms with Gasteiger partial charge in [-0.2, -0.15) is 5.48 Å². The molecule has 2 rings (SSSR count). The number of fused-ring (bicyclic) bond motifs is 2. The summed E-state index contributed by atoms with van der Waals surface area (Å²) in [6.07, 6.45) is 3.83. The first-order valence-electron chi connectivity index (χ1n) is 6.02. The summed E-state index contributed by atoms with van der Waals surface area (Å²) >= 11 is 0. The molecule has 0 aromatic rings. The van der Waals surface area contributed by atoms with Gasteiger partial charge in [-0.1, -0.05) is 20.8 Å². The second-order valence-electron chi connectivity index (χ2n) is 6.22. The molecular formula is C12H22N2O2. The molecule has 92 valence electrons. The molecule has 0 radical (unpaired) electrons. The van der Waals surface area contributed by atoms with Gasteiger partial charge in [0, 0.05) is 6.04 Å². The van der Waals surface area contributed by atoms with E-state index in [9.17, 15) is 4.79 Å². The summed E-state index contributed by atoms with van der Waals surface area (Å²) in [5.41, 5.74) is 8.68. The maximum Gasteiger partial charge on any atom is 0.245 e. The van der Waals surface area contributed by atoms with Crippen LogP contribution in [0, 0.1) is 16.7 Å². The van der Waals surface area contributed by atoms with Crippen LogP contribution in [-0.2, 0) is 9.63 Å². The van der Waals surface area contributed by atoms with Crippen molar-refractivity contribution in [3.63, 3.8) is 0 Å². The summed E-state index contributed by atoms with van der Waals surface area (Å²) in [6, 6.07) is 0.318. The quantitative estimate of drug-likeness (QED) is 0.708. The Morgan fingerprint density at radius 1 is 1.50 bits per heavy atom. The third-order valence-electron chi connectivity index (χ3n) is 4.69. The van der Waals surface area contributed by atoms with E-state index in [1.807, 2.05) is 0 Å². The van der Waals surface area contributed by atoms with Crippen molar-refractivity contribution in [1.29, 1.82) is 0 Å². The third-order valence-corrected chi connectivity index (χ3v) is 4.69. The minimum Gasteiger partial charge on any atom is -0.368 e. The van der Waals surface area contributed by atoms with Crippen molar-refractivity contribution in [1.82, 2.24) is 5.48 Å². The summed E-state index contributed by atoms with van der Waals surface area (Å²) < 4.78 is 0. The highest BCUT2D eigenvalue weighted by molar-refractivity contribution is 5.74. The highest BCUT2D eigenvalue weighted by Crippen LogP contribution is 2.62. The number of primary amides is 1. The molecule has 2 saturated carbocycles. The zero-order chi connectivity index (χ0) is 12.0. The minimum absolute atomic E-state index is 0.0483. The molecule has 0 spiro atoms. The monoisotopic (exact) mass is 226 g/mol. The second kappa shape index (κ2) is 3.70. The molecule has 4 nitrogen and oxygen atoms in total. The lowest BCUT2D eigenvalue weighted by Crippen LogP contribution is -2.50. The van der Waals surface area contributed by atoms with Gasteiger partial charge in [-0.05, 0) is 36.0 Å². The first-order valence-corrected chi connectivity index (χ1v) is 6.02. The summed E-state index contributed by atoms with van der Waals surface area (Å²) in [6.45, 7) is 6.83. The fraction of sp³-hybridized carbons (Fsp3) is 0.917. The SMILES string of the molecule is CC12CCC(C1)C(C)(C)C2NOCC(N)=O. The molecule has 3 unspecified atom stereocenters. The molecule has 16 heavy (non-hydrogen) atoms. The van der Waals surface area contributed by atoms with Gasteiger partial charge in [0.2, 0.25) is 5.91 Å². The normalized spacial score (nSPS) is 40.2. The lowest BCUT2D eigenvalue weighted by Gasteiger charge is -2.42. The maximum absolute atomic E-state index is 10.6. The molecule has 0 aliphatic heterocycles. The second-order valence-corrected chi connectivity index (χ2v) is 6.22. The standard InChI is InChI=1S/C12H22N2O2/c1-11(2)8-4-5-12(3,6-8)10(11)14-16-7-9(13)15/h8,10,14H,4-7H2,1-3H3,(H2,13,15). The van der Waals surface area contributed by atoms with Crippen molar-refractivity contribution >= 4 is 5.91 Å². The predicted molar refractivity (Wildman–Crippen MR) is 61.3 cm³/mol. The number of amides is 1. The van der Waals surface area contributed by atoms with Gasteiger partial charge in [0.1, 0.15) is 6.61 Å². The van der Waals surface area contributed by atoms with Crippen LogP contribution in [0.4, 0.5) is 0 Å². The van der Waals surface area contributed by atoms with Crippen molar-refractivity contribution in [3.8, 4) is 0 Å². The molecule has 2 aliphatic carbocycles. The van der Waals surface area contributed by atoms with E-state index in [2.05, 4.69) is 26.3 Å². The molecule has 1 amide bonds. The number of rotatable bonds is 4. The summed E-state index contributed by atoms with van der Waals surface area (Å²) in [5, 5.41) is 0. The van der Waals surface area contributed by atoms with Crippen molar-refractivity contribution in [2.75, 3.05) is 6.61 Å². The Morgan fingerprint density at radius 2 is 2.19 bits per heavy atom. The number of hydrogen-bond donors (Lipinski definition) is 2. The fourth-order valence-corrected chi connectivity index (χ4v) is 3.79. The number of hydrogen-bond acceptors (Lipinski definition) is 3. The molecule has 0 aromatic heterocycles. The smallest absolute Gasteiger partial charge is 0.245 e. The van der Waals surface area contributed by atoms with Crippen LogP contribution < -0.4 is 11.2 Å². The lowest BCUT2D eigenvalue weighted by atomic mass is 9.69. The molecule has 0 heterocycles. The van der Waals surface area contributed by atoms with Gasteiger partial charge in [-0.3, -0.25) is 9.63 Å². The van der Waals surface area contributed by atoms with Gasteiger partial charge in [0.05, 0.1) is 0 Å². The molecule has 4 heteroatoms. The van der Waals surface area contributed by atoms with Gasteiger partial charge < -0.3 is 5.73 Å². The Balaban J connectivity index is 2.00. The largest absolute Gasteiger partial charge is 0.368 e. The van der Waals surface area contributed by atoms with Gasteiger partial charge in [0.25, 0.3) is 0 Å². The number of carbonyl (C=O) groups excluding carboxylic acids is 1. The van der Waals surface area contributed by atoms with E-state index in [0.717, 1.165) is 5.92 Å². The van der Waals surface area contributed by atoms with E-state index in [1.54, 1.807) is 0 Å². The number of hydroxylamine groups is 1. The Hall–Kier alpha value is -0.610. The molecular weight excluding hydrogens is 204 g/mol. The Bertz CT molecular complexity index is 299. The first kappa shape index (κ1) is 11.9. The van der Waals surface area contributed by atoms with Gasteiger partial charge in [-0.15, -0.1) is 0 Å². The van der Waals surface area contributed by atoms with Gasteiger partial charge >= 0.3 is 0 Å². The molecule has 3 N–H and O–H groups in total. The van der Waals surface area contributed by atoms with E-state index in [-0.39, 0.29) is 12.0 Å². The van der Waals surface area contributed by atoms with Crippen LogP contribution in [-0.4, -0.2) is 18.6 Å². The highest BCUT2D eigenvalue weighted by atomic mass is 16.6. The number of nitrogens with two attached hydrogens (primary N) is 1. The van der Waals surface area contributed by atoms with Crippen molar-refractivity contribution < 1.29 is 9.63 Å². The Kier molecular flexibility index (Phi) is 2.75. The summed E-state index contributed by atoms with van der Waals surface area (Å²) in [7, 11) is 0. The highest BCUT2D eigenvalue weighted by Gasteiger charge is 2.59. The van der Waals surface area contributed by atoms with Crippen LogP contribution in [0.25, 0.3) is 0 Å². The average molecular weight is 226 g/mol. The fourth-order valence-electron chi connectivity index (χ4n) is 3.79. The van der Waals surface area contributed by atoms with E-state index < -0.39 is 5.91 Å². The van der Waals surface area contributed by atoms with E-state index in [0.29, 0.717) is 11.5 Å². The lowest BCUT2D eigenvalue weighted by molar-refractivity contribution is -0.129. The van der Waals surface area contributed by atoms with Crippen molar-refractivity contribution in [3.05, 3.63) is 0 Å². The van der Waals surface area contributed by atoms with Gasteiger partial charge in [0.15, 0.2) is 0 Å². The molecule has 2 fully saturated rings. The third kappa shape index (κ3) is 1.74. The van der Waals surface area contributed by atoms with Gasteiger partial charge in [-0.25, -0.2) is 0 Å². The average Bonchev–Trinajstić information content (AvgIpc) is 2.62. The molecule has 2 bridgehead atoms. The van der Waals surface area contributed by atoms with Crippen LogP contribution in [0.5, 0.6) is 0 Å². The Labute approximate surface area is 96.9 Å². The van der Waals surface area contributed by atoms with E-state index in [4.69, 9.17) is 10.6 Å². The number of carbonyl (C=O) groups is 1. The number of nitrogens with one attached hydrogen (secondary N) is 1. The molecule has 0 saturated heterocycles. The van der Waals surface area contributed by atoms with Crippen LogP contribution in [0.3, 0.4) is 0 Å². The molecule has 3 atom stereocenters. The van der Waals surface area contributed by atoms with Crippen molar-refractivity contribution in [2.45, 2.75) is 46.1 Å². The zero-order valence-corrected chi connectivity index (χ0v) is 10.4. The predicted octanol–water partition coefficient (Wildman–Crippen LogP) is 1.21. The summed E-state index contributed by atoms with van der Waals surface area (Å²) in [5.74, 6) is 0.339. The molecule has 2 aliphatic rings. The van der Waals surface area contributed by atoms with E-state index in [1.165, 1.54) is 19.3 Å². The molecule has 0 aromatic carbocycles. The van der Waals surface area contributed by atoms with Crippen LogP contribution in [0.2, 0.25) is 0 Å². The van der Waals surface area contributed by atoms with Crippen LogP contribution in [0.15, 0.2) is 0 Å². The minimum atomic E-state index is -0.432. The zero-order valence-electron chi connectivity index (χ0n) is 10.4. The first-order chi connectivity index (χ1) is 7.36. The van der Waals surface area contributed by atoms with Crippen LogP contribution in [0.1, 0.15) is 40.0 Å². The topological polar surface area (TPSA) is 64.3 Å². The van der Waals surface area contributed by atoms with Crippen LogP contribution >= 0.6 is 0 Å². The summed E-state index contributed by atoms with van der Waals surface area (Å²) in [4.78, 5) is 15.8.